The average molecular weight is 408 g/mol. The molecule has 0 fully saturated rings. The van der Waals surface area contributed by atoms with Gasteiger partial charge in [-0.1, -0.05) is 6.07 Å². The van der Waals surface area contributed by atoms with Crippen LogP contribution in [0.4, 0.5) is 11.4 Å². The maximum atomic E-state index is 12.7. The summed E-state index contributed by atoms with van der Waals surface area (Å²) < 4.78 is 89.4. The second-order valence-electron chi connectivity index (χ2n) is 4.83. The van der Waals surface area contributed by atoms with Crippen LogP contribution in [0.15, 0.2) is 56.0 Å². The van der Waals surface area contributed by atoms with Crippen LogP contribution in [-0.2, 0) is 30.1 Å². The third-order valence-corrected chi connectivity index (χ3v) is 6.90. The summed E-state index contributed by atoms with van der Waals surface area (Å²) in [6.45, 7) is 0. The molecule has 0 radical (unpaired) electrons. The number of rotatable bonds is 4. The fourth-order valence-corrected chi connectivity index (χ4v) is 5.52. The quantitative estimate of drug-likeness (QED) is 0.400. The molecule has 13 heteroatoms. The van der Waals surface area contributed by atoms with Gasteiger partial charge in [0.25, 0.3) is 20.2 Å². The summed E-state index contributed by atoms with van der Waals surface area (Å²) in [6.07, 6.45) is 0. The molecule has 0 aliphatic carbocycles. The highest BCUT2D eigenvalue weighted by Gasteiger charge is 2.32. The van der Waals surface area contributed by atoms with Crippen molar-refractivity contribution in [1.29, 1.82) is 0 Å². The van der Waals surface area contributed by atoms with Gasteiger partial charge in [0.2, 0.25) is 9.84 Å². The van der Waals surface area contributed by atoms with E-state index < -0.39 is 55.3 Å². The fourth-order valence-electron chi connectivity index (χ4n) is 2.07. The number of hydrogen-bond acceptors (Lipinski definition) is 8. The van der Waals surface area contributed by atoms with Gasteiger partial charge in [0.1, 0.15) is 9.79 Å². The van der Waals surface area contributed by atoms with Gasteiger partial charge in [0, 0.05) is 5.69 Å². The van der Waals surface area contributed by atoms with E-state index in [1.165, 1.54) is 12.1 Å². The van der Waals surface area contributed by atoms with Crippen LogP contribution in [0.25, 0.3) is 0 Å². The van der Waals surface area contributed by atoms with Crippen LogP contribution in [-0.4, -0.2) is 34.4 Å². The van der Waals surface area contributed by atoms with E-state index in [1.807, 2.05) is 0 Å². The van der Waals surface area contributed by atoms with E-state index in [9.17, 15) is 29.8 Å². The van der Waals surface area contributed by atoms with Gasteiger partial charge >= 0.3 is 0 Å². The highest BCUT2D eigenvalue weighted by Crippen LogP contribution is 2.35. The highest BCUT2D eigenvalue weighted by molar-refractivity contribution is 7.93. The van der Waals surface area contributed by atoms with Gasteiger partial charge in [-0.2, -0.15) is 16.8 Å². The normalized spacial score (nSPS) is 12.9. The molecule has 0 unspecified atom stereocenters. The summed E-state index contributed by atoms with van der Waals surface area (Å²) in [5.74, 6) is 0. The smallest absolute Gasteiger partial charge is 0.297 e. The Balaban J connectivity index is 2.95. The van der Waals surface area contributed by atoms with Crippen molar-refractivity contribution in [3.05, 3.63) is 36.4 Å². The molecular weight excluding hydrogens is 396 g/mol. The minimum Gasteiger partial charge on any atom is -0.399 e. The second kappa shape index (κ2) is 5.96. The van der Waals surface area contributed by atoms with Gasteiger partial charge in [0.05, 0.1) is 15.5 Å². The van der Waals surface area contributed by atoms with Crippen molar-refractivity contribution in [2.45, 2.75) is 19.6 Å². The van der Waals surface area contributed by atoms with Crippen LogP contribution in [0.2, 0.25) is 0 Å². The molecule has 0 aromatic heterocycles. The summed E-state index contributed by atoms with van der Waals surface area (Å²) in [5.41, 5.74) is 9.83. The SMILES string of the molecule is Nc1cccc(S(=O)(=O)c2ccc(S(=O)(=O)O)c(N)c2S(=O)(=O)O)c1. The Kier molecular flexibility index (Phi) is 4.56. The van der Waals surface area contributed by atoms with Crippen molar-refractivity contribution >= 4 is 41.4 Å². The number of benzene rings is 2. The van der Waals surface area contributed by atoms with Crippen LogP contribution < -0.4 is 11.5 Å². The minimum absolute atomic E-state index is 0.0667. The molecule has 2 aromatic rings. The Morgan fingerprint density at radius 1 is 0.760 bits per heavy atom. The zero-order valence-electron chi connectivity index (χ0n) is 12.2. The van der Waals surface area contributed by atoms with Gasteiger partial charge in [-0.05, 0) is 30.3 Å². The topological polar surface area (TPSA) is 195 Å². The molecule has 0 atom stereocenters. The third-order valence-electron chi connectivity index (χ3n) is 3.11. The van der Waals surface area contributed by atoms with E-state index >= 15 is 0 Å². The van der Waals surface area contributed by atoms with E-state index in [0.717, 1.165) is 12.1 Å². The van der Waals surface area contributed by atoms with Crippen molar-refractivity contribution in [2.75, 3.05) is 11.5 Å². The molecule has 0 saturated heterocycles. The predicted molar refractivity (Wildman–Crippen MR) is 86.8 cm³/mol. The van der Waals surface area contributed by atoms with Gasteiger partial charge in [0.15, 0.2) is 0 Å². The first-order chi connectivity index (χ1) is 11.3. The highest BCUT2D eigenvalue weighted by atomic mass is 32.2. The molecule has 10 nitrogen and oxygen atoms in total. The zero-order valence-corrected chi connectivity index (χ0v) is 14.6. The van der Waals surface area contributed by atoms with Crippen molar-refractivity contribution in [2.24, 2.45) is 0 Å². The standard InChI is InChI=1S/C12H12N2O8S3/c13-7-2-1-3-8(6-7)23(15,16)10-5-4-9(24(17,18)19)11(14)12(10)25(20,21)22/h1-6H,13-14H2,(H,17,18,19)(H,20,21,22). The van der Waals surface area contributed by atoms with E-state index in [4.69, 9.17) is 16.0 Å². The molecule has 6 N–H and O–H groups in total. The Hall–Kier alpha value is -2.19. The summed E-state index contributed by atoms with van der Waals surface area (Å²) >= 11 is 0. The lowest BCUT2D eigenvalue weighted by Crippen LogP contribution is -2.15. The Morgan fingerprint density at radius 3 is 1.80 bits per heavy atom. The van der Waals surface area contributed by atoms with E-state index in [0.29, 0.717) is 12.1 Å². The van der Waals surface area contributed by atoms with E-state index in [1.54, 1.807) is 0 Å². The van der Waals surface area contributed by atoms with E-state index in [2.05, 4.69) is 0 Å². The third kappa shape index (κ3) is 3.59. The lowest BCUT2D eigenvalue weighted by molar-refractivity contribution is 0.479. The molecule has 0 spiro atoms. The summed E-state index contributed by atoms with van der Waals surface area (Å²) in [4.78, 5) is -3.79. The maximum absolute atomic E-state index is 12.7. The Bertz CT molecular complexity index is 1170. The maximum Gasteiger partial charge on any atom is 0.297 e. The number of nitrogen functional groups attached to an aromatic ring is 2. The van der Waals surface area contributed by atoms with Crippen LogP contribution in [0.3, 0.4) is 0 Å². The predicted octanol–water partition coefficient (Wildman–Crippen LogP) is 0.177. The first kappa shape index (κ1) is 19.1. The number of nitrogens with two attached hydrogens (primary N) is 2. The fraction of sp³-hybridized carbons (Fsp3) is 0. The molecule has 0 aliphatic heterocycles. The average Bonchev–Trinajstić information content (AvgIpc) is 2.44. The monoisotopic (exact) mass is 408 g/mol. The molecule has 25 heavy (non-hydrogen) atoms. The van der Waals surface area contributed by atoms with Crippen LogP contribution >= 0.6 is 0 Å². The molecule has 2 rings (SSSR count). The molecule has 2 aromatic carbocycles. The summed E-state index contributed by atoms with van der Waals surface area (Å²) in [7, 11) is -14.8. The molecule has 0 heterocycles. The van der Waals surface area contributed by atoms with Crippen LogP contribution in [0.1, 0.15) is 0 Å². The van der Waals surface area contributed by atoms with Gasteiger partial charge in [-0.15, -0.1) is 0 Å². The Morgan fingerprint density at radius 2 is 1.32 bits per heavy atom. The first-order valence-electron chi connectivity index (χ1n) is 6.24. The van der Waals surface area contributed by atoms with Crippen molar-refractivity contribution in [3.63, 3.8) is 0 Å². The van der Waals surface area contributed by atoms with Crippen molar-refractivity contribution in [1.82, 2.24) is 0 Å². The zero-order chi connectivity index (χ0) is 19.2. The molecule has 0 amide bonds. The summed E-state index contributed by atoms with van der Waals surface area (Å²) in [5, 5.41) is 0. The lowest BCUT2D eigenvalue weighted by Gasteiger charge is -2.13. The Labute approximate surface area is 143 Å². The second-order valence-corrected chi connectivity index (χ2v) is 9.50. The largest absolute Gasteiger partial charge is 0.399 e. The van der Waals surface area contributed by atoms with Gasteiger partial charge in [-0.25, -0.2) is 8.42 Å². The van der Waals surface area contributed by atoms with Crippen molar-refractivity contribution < 1.29 is 34.4 Å². The molecule has 0 saturated carbocycles. The molecule has 0 bridgehead atoms. The van der Waals surface area contributed by atoms with Gasteiger partial charge in [-0.3, -0.25) is 9.11 Å². The van der Waals surface area contributed by atoms with Gasteiger partial charge < -0.3 is 11.5 Å². The number of anilines is 2. The van der Waals surface area contributed by atoms with E-state index in [-0.39, 0.29) is 5.69 Å². The first-order valence-corrected chi connectivity index (χ1v) is 10.6. The minimum atomic E-state index is -5.26. The lowest BCUT2D eigenvalue weighted by atomic mass is 10.3. The molecule has 136 valence electrons. The van der Waals surface area contributed by atoms with Crippen LogP contribution in [0.5, 0.6) is 0 Å². The number of hydrogen-bond donors (Lipinski definition) is 4. The molecular formula is C12H12N2O8S3. The summed E-state index contributed by atoms with van der Waals surface area (Å²) in [6, 6.07) is 6.05. The van der Waals surface area contributed by atoms with Crippen LogP contribution in [0, 0.1) is 0 Å². The molecule has 0 aliphatic rings. The van der Waals surface area contributed by atoms with Crippen molar-refractivity contribution in [3.8, 4) is 0 Å². The number of sulfone groups is 1.